The summed E-state index contributed by atoms with van der Waals surface area (Å²) in [6.45, 7) is 3.92. The minimum atomic E-state index is -0.0984. The lowest BCUT2D eigenvalue weighted by atomic mass is 10.1. The van der Waals surface area contributed by atoms with Crippen LogP contribution in [0.2, 0.25) is 0 Å². The van der Waals surface area contributed by atoms with Gasteiger partial charge in [-0.1, -0.05) is 6.07 Å². The Balaban J connectivity index is 1.94. The first-order valence-electron chi connectivity index (χ1n) is 6.54. The number of anilines is 1. The minimum Gasteiger partial charge on any atom is -0.482 e. The summed E-state index contributed by atoms with van der Waals surface area (Å²) in [4.78, 5) is 13.5. The van der Waals surface area contributed by atoms with Crippen molar-refractivity contribution >= 4 is 11.6 Å². The Bertz CT molecular complexity index is 460. The molecule has 0 aliphatic carbocycles. The smallest absolute Gasteiger partial charge is 0.262 e. The third-order valence-corrected chi connectivity index (χ3v) is 3.06. The number of fused-ring (bicyclic) bond motifs is 1. The molecular weight excluding hydrogens is 242 g/mol. The largest absolute Gasteiger partial charge is 0.482 e. The lowest BCUT2D eigenvalue weighted by Crippen LogP contribution is -2.34. The number of likely N-dealkylation sites (N-methyl/N-ethyl adjacent to an activating group) is 1. The van der Waals surface area contributed by atoms with Gasteiger partial charge in [0, 0.05) is 19.1 Å². The molecule has 1 aromatic carbocycles. The van der Waals surface area contributed by atoms with Gasteiger partial charge in [-0.25, -0.2) is 0 Å². The summed E-state index contributed by atoms with van der Waals surface area (Å²) in [5.41, 5.74) is 7.71. The third kappa shape index (κ3) is 3.94. The van der Waals surface area contributed by atoms with Gasteiger partial charge in [0.1, 0.15) is 5.75 Å². The van der Waals surface area contributed by atoms with Crippen LogP contribution in [0.3, 0.4) is 0 Å². The average Bonchev–Trinajstić information content (AvgIpc) is 2.35. The number of nitrogens with one attached hydrogen (secondary N) is 1. The highest BCUT2D eigenvalue weighted by Gasteiger charge is 2.15. The van der Waals surface area contributed by atoms with Crippen LogP contribution in [-0.2, 0) is 11.2 Å². The van der Waals surface area contributed by atoms with Gasteiger partial charge in [0.15, 0.2) is 6.61 Å². The molecule has 0 fully saturated rings. The quantitative estimate of drug-likeness (QED) is 0.826. The molecule has 1 amide bonds. The fourth-order valence-electron chi connectivity index (χ4n) is 2.19. The van der Waals surface area contributed by atoms with E-state index < -0.39 is 0 Å². The molecule has 1 heterocycles. The van der Waals surface area contributed by atoms with Crippen molar-refractivity contribution in [3.8, 4) is 5.75 Å². The molecule has 2 rings (SSSR count). The highest BCUT2D eigenvalue weighted by Crippen LogP contribution is 2.28. The number of carbonyl (C=O) groups excluding carboxylic acids is 1. The molecular formula is C14H21N3O2. The zero-order valence-corrected chi connectivity index (χ0v) is 11.5. The molecule has 0 spiro atoms. The summed E-state index contributed by atoms with van der Waals surface area (Å²) in [5, 5.41) is 2.82. The molecule has 0 aromatic heterocycles. The number of ether oxygens (including phenoxy) is 1. The summed E-state index contributed by atoms with van der Waals surface area (Å²) in [5.74, 6) is 0.644. The van der Waals surface area contributed by atoms with E-state index in [9.17, 15) is 4.79 Å². The van der Waals surface area contributed by atoms with Crippen LogP contribution < -0.4 is 15.8 Å². The van der Waals surface area contributed by atoms with E-state index in [1.165, 1.54) is 5.56 Å². The number of hydrogen-bond donors (Lipinski definition) is 2. The monoisotopic (exact) mass is 263 g/mol. The van der Waals surface area contributed by atoms with E-state index in [2.05, 4.69) is 17.3 Å². The highest BCUT2D eigenvalue weighted by molar-refractivity contribution is 5.95. The van der Waals surface area contributed by atoms with E-state index in [0.29, 0.717) is 0 Å². The van der Waals surface area contributed by atoms with Gasteiger partial charge in [-0.3, -0.25) is 4.79 Å². The van der Waals surface area contributed by atoms with E-state index in [0.717, 1.165) is 30.9 Å². The van der Waals surface area contributed by atoms with Crippen LogP contribution in [0.1, 0.15) is 12.5 Å². The molecule has 5 nitrogen and oxygen atoms in total. The first kappa shape index (κ1) is 13.8. The zero-order valence-electron chi connectivity index (χ0n) is 11.5. The number of nitrogens with zero attached hydrogens (tertiary/aromatic N) is 1. The van der Waals surface area contributed by atoms with Crippen molar-refractivity contribution in [3.63, 3.8) is 0 Å². The number of nitrogens with two attached hydrogens (primary N) is 1. The van der Waals surface area contributed by atoms with Crippen LogP contribution in [0.5, 0.6) is 5.75 Å². The van der Waals surface area contributed by atoms with Crippen molar-refractivity contribution in [2.24, 2.45) is 5.73 Å². The fraction of sp³-hybridized carbons (Fsp3) is 0.500. The molecule has 1 aliphatic heterocycles. The van der Waals surface area contributed by atoms with E-state index in [1.54, 1.807) is 0 Å². The second kappa shape index (κ2) is 6.04. The van der Waals surface area contributed by atoms with Gasteiger partial charge in [-0.2, -0.15) is 0 Å². The van der Waals surface area contributed by atoms with Gasteiger partial charge in [0.2, 0.25) is 0 Å². The van der Waals surface area contributed by atoms with E-state index in [4.69, 9.17) is 10.5 Å². The fourth-order valence-corrected chi connectivity index (χ4v) is 2.19. The summed E-state index contributed by atoms with van der Waals surface area (Å²) in [6.07, 6.45) is 0.923. The molecule has 5 heteroatoms. The zero-order chi connectivity index (χ0) is 13.8. The Morgan fingerprint density at radius 3 is 3.05 bits per heavy atom. The molecule has 0 bridgehead atoms. The molecule has 19 heavy (non-hydrogen) atoms. The Morgan fingerprint density at radius 2 is 2.32 bits per heavy atom. The highest BCUT2D eigenvalue weighted by atomic mass is 16.5. The van der Waals surface area contributed by atoms with Crippen molar-refractivity contribution in [2.75, 3.05) is 32.1 Å². The molecule has 0 saturated heterocycles. The van der Waals surface area contributed by atoms with Crippen LogP contribution >= 0.6 is 0 Å². The van der Waals surface area contributed by atoms with Crippen molar-refractivity contribution in [1.82, 2.24) is 4.90 Å². The molecule has 1 atom stereocenters. The Labute approximate surface area is 113 Å². The molecule has 1 unspecified atom stereocenters. The van der Waals surface area contributed by atoms with Gasteiger partial charge >= 0.3 is 0 Å². The van der Waals surface area contributed by atoms with Crippen molar-refractivity contribution in [2.45, 2.75) is 19.4 Å². The predicted octanol–water partition coefficient (Wildman–Crippen LogP) is 0.839. The second-order valence-corrected chi connectivity index (χ2v) is 5.16. The molecule has 1 aliphatic rings. The van der Waals surface area contributed by atoms with E-state index in [-0.39, 0.29) is 18.6 Å². The average molecular weight is 263 g/mol. The number of rotatable bonds is 5. The summed E-state index contributed by atoms with van der Waals surface area (Å²) < 4.78 is 5.33. The Hall–Kier alpha value is -1.59. The topological polar surface area (TPSA) is 67.6 Å². The van der Waals surface area contributed by atoms with Crippen LogP contribution in [-0.4, -0.2) is 43.6 Å². The van der Waals surface area contributed by atoms with Crippen LogP contribution in [0.15, 0.2) is 18.2 Å². The normalized spacial score (nSPS) is 15.7. The van der Waals surface area contributed by atoms with Crippen LogP contribution in [0.25, 0.3) is 0 Å². The lowest BCUT2D eigenvalue weighted by molar-refractivity contribution is -0.118. The number of benzene rings is 1. The summed E-state index contributed by atoms with van der Waals surface area (Å²) in [6, 6.07) is 6.11. The van der Waals surface area contributed by atoms with E-state index >= 15 is 0 Å². The van der Waals surface area contributed by atoms with E-state index in [1.807, 2.05) is 25.1 Å². The molecule has 0 saturated carbocycles. The minimum absolute atomic E-state index is 0.0984. The maximum Gasteiger partial charge on any atom is 0.262 e. The molecule has 1 aromatic rings. The first-order valence-corrected chi connectivity index (χ1v) is 6.54. The van der Waals surface area contributed by atoms with Gasteiger partial charge < -0.3 is 20.7 Å². The maximum atomic E-state index is 11.3. The maximum absolute atomic E-state index is 11.3. The SMILES string of the molecule is CC(N)CN(C)CCc1ccc2c(c1)NC(=O)CO2. The van der Waals surface area contributed by atoms with Crippen LogP contribution in [0, 0.1) is 0 Å². The first-order chi connectivity index (χ1) is 9.04. The second-order valence-electron chi connectivity index (χ2n) is 5.16. The van der Waals surface area contributed by atoms with Crippen molar-refractivity contribution in [1.29, 1.82) is 0 Å². The van der Waals surface area contributed by atoms with Crippen molar-refractivity contribution < 1.29 is 9.53 Å². The Morgan fingerprint density at radius 1 is 1.53 bits per heavy atom. The van der Waals surface area contributed by atoms with Crippen molar-refractivity contribution in [3.05, 3.63) is 23.8 Å². The molecule has 3 N–H and O–H groups in total. The van der Waals surface area contributed by atoms with Gasteiger partial charge in [0.05, 0.1) is 5.69 Å². The lowest BCUT2D eigenvalue weighted by Gasteiger charge is -2.20. The summed E-state index contributed by atoms with van der Waals surface area (Å²) in [7, 11) is 2.06. The molecule has 0 radical (unpaired) electrons. The molecule has 104 valence electrons. The third-order valence-electron chi connectivity index (χ3n) is 3.06. The van der Waals surface area contributed by atoms with Gasteiger partial charge in [-0.15, -0.1) is 0 Å². The summed E-state index contributed by atoms with van der Waals surface area (Å²) >= 11 is 0. The van der Waals surface area contributed by atoms with Crippen LogP contribution in [0.4, 0.5) is 5.69 Å². The Kier molecular flexibility index (Phi) is 4.39. The standard InChI is InChI=1S/C14H21N3O2/c1-10(15)8-17(2)6-5-11-3-4-13-12(7-11)16-14(18)9-19-13/h3-4,7,10H,5-6,8-9,15H2,1-2H3,(H,16,18). The van der Waals surface area contributed by atoms with Gasteiger partial charge in [0.25, 0.3) is 5.91 Å². The number of hydrogen-bond acceptors (Lipinski definition) is 4. The number of carbonyl (C=O) groups is 1. The number of amides is 1. The predicted molar refractivity (Wildman–Crippen MR) is 75.4 cm³/mol. The van der Waals surface area contributed by atoms with Gasteiger partial charge in [-0.05, 0) is 38.1 Å².